The number of anilines is 1. The molecule has 4 rings (SSSR count). The zero-order valence-corrected chi connectivity index (χ0v) is 15.0. The fraction of sp³-hybridized carbons (Fsp3) is 0.632. The van der Waals surface area contributed by atoms with E-state index >= 15 is 0 Å². The molecular formula is C19H25ClN2O2. The van der Waals surface area contributed by atoms with Crippen molar-refractivity contribution in [1.82, 2.24) is 4.90 Å². The second-order valence-electron chi connectivity index (χ2n) is 7.51. The number of nitrogens with zero attached hydrogens (tertiary/aromatic N) is 1. The van der Waals surface area contributed by atoms with Gasteiger partial charge < -0.3 is 15.0 Å². The first-order valence-electron chi connectivity index (χ1n) is 9.05. The van der Waals surface area contributed by atoms with Crippen molar-refractivity contribution in [3.05, 3.63) is 28.8 Å². The van der Waals surface area contributed by atoms with E-state index in [0.717, 1.165) is 69.5 Å². The molecular weight excluding hydrogens is 324 g/mol. The van der Waals surface area contributed by atoms with E-state index < -0.39 is 0 Å². The third kappa shape index (κ3) is 2.51. The molecule has 4 nitrogen and oxygen atoms in total. The van der Waals surface area contributed by atoms with Crippen molar-refractivity contribution in [3.8, 4) is 0 Å². The Morgan fingerprint density at radius 2 is 1.88 bits per heavy atom. The van der Waals surface area contributed by atoms with Crippen LogP contribution >= 0.6 is 11.6 Å². The van der Waals surface area contributed by atoms with Gasteiger partial charge in [0.05, 0.1) is 11.3 Å². The average Bonchev–Trinajstić information content (AvgIpc) is 2.59. The molecule has 0 bridgehead atoms. The molecule has 5 heteroatoms. The number of fused-ring (bicyclic) bond motifs is 1. The molecule has 0 aromatic heterocycles. The Balaban J connectivity index is 1.63. The van der Waals surface area contributed by atoms with E-state index in [0.29, 0.717) is 10.4 Å². The Morgan fingerprint density at radius 3 is 2.54 bits per heavy atom. The predicted molar refractivity (Wildman–Crippen MR) is 95.5 cm³/mol. The van der Waals surface area contributed by atoms with Crippen molar-refractivity contribution < 1.29 is 9.53 Å². The summed E-state index contributed by atoms with van der Waals surface area (Å²) < 4.78 is 5.56. The summed E-state index contributed by atoms with van der Waals surface area (Å²) >= 11 is 6.16. The van der Waals surface area contributed by atoms with Gasteiger partial charge in [-0.15, -0.1) is 0 Å². The highest BCUT2D eigenvalue weighted by molar-refractivity contribution is 6.31. The molecule has 2 heterocycles. The number of ether oxygens (including phenoxy) is 1. The normalized spacial score (nSPS) is 24.8. The van der Waals surface area contributed by atoms with Crippen LogP contribution in [0.5, 0.6) is 0 Å². The standard InChI is InChI=1S/C19H25ClN2O2/c1-2-22-17(23)15-4-3-14(20)13-16(15)21-19(22)7-5-18(6-8-19)9-11-24-12-10-18/h3-4,13,21H,2,5-12H2,1H3. The van der Waals surface area contributed by atoms with E-state index in [4.69, 9.17) is 16.3 Å². The third-order valence-corrected chi connectivity index (χ3v) is 6.58. The van der Waals surface area contributed by atoms with Crippen LogP contribution in [-0.4, -0.2) is 36.2 Å². The molecule has 3 aliphatic rings. The molecule has 2 spiro atoms. The van der Waals surface area contributed by atoms with Crippen molar-refractivity contribution in [2.45, 2.75) is 51.1 Å². The summed E-state index contributed by atoms with van der Waals surface area (Å²) in [5, 5.41) is 4.37. The highest BCUT2D eigenvalue weighted by Crippen LogP contribution is 2.50. The van der Waals surface area contributed by atoms with Gasteiger partial charge >= 0.3 is 0 Å². The first kappa shape index (κ1) is 16.2. The Bertz CT molecular complexity index is 645. The summed E-state index contributed by atoms with van der Waals surface area (Å²) in [7, 11) is 0. The van der Waals surface area contributed by atoms with Crippen LogP contribution in [0, 0.1) is 5.41 Å². The molecule has 2 fully saturated rings. The van der Waals surface area contributed by atoms with Crippen molar-refractivity contribution >= 4 is 23.2 Å². The maximum Gasteiger partial charge on any atom is 0.257 e. The Labute approximate surface area is 148 Å². The first-order chi connectivity index (χ1) is 11.6. The van der Waals surface area contributed by atoms with Crippen molar-refractivity contribution in [2.75, 3.05) is 25.1 Å². The summed E-state index contributed by atoms with van der Waals surface area (Å²) in [6, 6.07) is 5.53. The minimum Gasteiger partial charge on any atom is -0.381 e. The van der Waals surface area contributed by atoms with Gasteiger partial charge in [-0.25, -0.2) is 0 Å². The minimum atomic E-state index is -0.257. The lowest BCUT2D eigenvalue weighted by Gasteiger charge is -2.55. The van der Waals surface area contributed by atoms with Gasteiger partial charge in [-0.2, -0.15) is 0 Å². The molecule has 1 aromatic carbocycles. The largest absolute Gasteiger partial charge is 0.381 e. The van der Waals surface area contributed by atoms with Gasteiger partial charge in [0.15, 0.2) is 0 Å². The van der Waals surface area contributed by atoms with Gasteiger partial charge in [-0.3, -0.25) is 4.79 Å². The number of rotatable bonds is 1. The SMILES string of the molecule is CCN1C(=O)c2ccc(Cl)cc2NC12CCC1(CCOCC1)CC2. The van der Waals surface area contributed by atoms with Crippen LogP contribution in [0.3, 0.4) is 0 Å². The van der Waals surface area contributed by atoms with Gasteiger partial charge in [0.25, 0.3) is 5.91 Å². The molecule has 0 atom stereocenters. The number of carbonyl (C=O) groups is 1. The number of halogens is 1. The van der Waals surface area contributed by atoms with E-state index in [9.17, 15) is 4.79 Å². The monoisotopic (exact) mass is 348 g/mol. The summed E-state index contributed by atoms with van der Waals surface area (Å²) in [4.78, 5) is 15.1. The van der Waals surface area contributed by atoms with Crippen LogP contribution in [0.2, 0.25) is 5.02 Å². The van der Waals surface area contributed by atoms with Gasteiger partial charge in [0, 0.05) is 24.8 Å². The van der Waals surface area contributed by atoms with E-state index in [1.807, 2.05) is 17.0 Å². The van der Waals surface area contributed by atoms with Crippen LogP contribution < -0.4 is 5.32 Å². The highest BCUT2D eigenvalue weighted by atomic mass is 35.5. The second kappa shape index (κ2) is 5.92. The van der Waals surface area contributed by atoms with Gasteiger partial charge in [-0.1, -0.05) is 11.6 Å². The van der Waals surface area contributed by atoms with Gasteiger partial charge in [-0.05, 0) is 69.1 Å². The smallest absolute Gasteiger partial charge is 0.257 e. The van der Waals surface area contributed by atoms with Gasteiger partial charge in [0.2, 0.25) is 0 Å². The molecule has 1 amide bonds. The van der Waals surface area contributed by atoms with E-state index in [2.05, 4.69) is 12.2 Å². The maximum absolute atomic E-state index is 13.0. The quantitative estimate of drug-likeness (QED) is 0.822. The molecule has 2 aliphatic heterocycles. The molecule has 1 saturated heterocycles. The van der Waals surface area contributed by atoms with Crippen LogP contribution in [0.4, 0.5) is 5.69 Å². The van der Waals surface area contributed by atoms with E-state index in [-0.39, 0.29) is 11.6 Å². The molecule has 1 saturated carbocycles. The summed E-state index contributed by atoms with van der Waals surface area (Å²) in [5.74, 6) is 0.130. The molecule has 1 aromatic rings. The molecule has 130 valence electrons. The topological polar surface area (TPSA) is 41.6 Å². The van der Waals surface area contributed by atoms with Crippen LogP contribution in [0.25, 0.3) is 0 Å². The lowest BCUT2D eigenvalue weighted by molar-refractivity contribution is -0.0357. The maximum atomic E-state index is 13.0. The first-order valence-corrected chi connectivity index (χ1v) is 9.43. The molecule has 1 N–H and O–H groups in total. The number of hydrogen-bond acceptors (Lipinski definition) is 3. The van der Waals surface area contributed by atoms with Crippen LogP contribution in [0.1, 0.15) is 55.8 Å². The predicted octanol–water partition coefficient (Wildman–Crippen LogP) is 4.29. The summed E-state index contributed by atoms with van der Waals surface area (Å²) in [6.45, 7) is 4.57. The average molecular weight is 349 g/mol. The van der Waals surface area contributed by atoms with Gasteiger partial charge in [0.1, 0.15) is 5.66 Å². The van der Waals surface area contributed by atoms with E-state index in [1.54, 1.807) is 6.07 Å². The van der Waals surface area contributed by atoms with Crippen molar-refractivity contribution in [2.24, 2.45) is 5.41 Å². The second-order valence-corrected chi connectivity index (χ2v) is 7.94. The van der Waals surface area contributed by atoms with Crippen LogP contribution in [-0.2, 0) is 4.74 Å². The zero-order chi connectivity index (χ0) is 16.8. The molecule has 1 aliphatic carbocycles. The molecule has 0 radical (unpaired) electrons. The summed E-state index contributed by atoms with van der Waals surface area (Å²) in [6.07, 6.45) is 6.63. The minimum absolute atomic E-state index is 0.130. The highest BCUT2D eigenvalue weighted by Gasteiger charge is 2.49. The summed E-state index contributed by atoms with van der Waals surface area (Å²) in [5.41, 5.74) is 1.79. The van der Waals surface area contributed by atoms with E-state index in [1.165, 1.54) is 0 Å². The lowest BCUT2D eigenvalue weighted by Crippen LogP contribution is -2.62. The Kier molecular flexibility index (Phi) is 4.00. The third-order valence-electron chi connectivity index (χ3n) is 6.35. The fourth-order valence-electron chi connectivity index (χ4n) is 4.80. The molecule has 24 heavy (non-hydrogen) atoms. The Morgan fingerprint density at radius 1 is 1.17 bits per heavy atom. The number of nitrogens with one attached hydrogen (secondary N) is 1. The van der Waals surface area contributed by atoms with Crippen molar-refractivity contribution in [1.29, 1.82) is 0 Å². The Hall–Kier alpha value is -1.26. The fourth-order valence-corrected chi connectivity index (χ4v) is 4.98. The lowest BCUT2D eigenvalue weighted by atomic mass is 9.65. The van der Waals surface area contributed by atoms with Crippen molar-refractivity contribution in [3.63, 3.8) is 0 Å². The van der Waals surface area contributed by atoms with Crippen LogP contribution in [0.15, 0.2) is 18.2 Å². The number of amides is 1. The zero-order valence-electron chi connectivity index (χ0n) is 14.2. The number of hydrogen-bond donors (Lipinski definition) is 1. The molecule has 0 unspecified atom stereocenters. The number of carbonyl (C=O) groups excluding carboxylic acids is 1. The number of benzene rings is 1.